The number of ether oxygens (including phenoxy) is 2. The molecule has 0 radical (unpaired) electrons. The zero-order valence-electron chi connectivity index (χ0n) is 19.9. The summed E-state index contributed by atoms with van der Waals surface area (Å²) in [6.07, 6.45) is 3.11. The maximum Gasteiger partial charge on any atom is 0.259 e. The minimum absolute atomic E-state index is 0.288. The van der Waals surface area contributed by atoms with Gasteiger partial charge in [0.05, 0.1) is 25.5 Å². The fraction of sp³-hybridized carbons (Fsp3) is 0.346. The summed E-state index contributed by atoms with van der Waals surface area (Å²) >= 11 is 1.74. The number of fused-ring (bicyclic) bond motifs is 3. The molecule has 1 aliphatic carbocycles. The topological polar surface area (TPSA) is 86.5 Å². The lowest BCUT2D eigenvalue weighted by atomic mass is 9.85. The van der Waals surface area contributed by atoms with Gasteiger partial charge >= 0.3 is 0 Å². The van der Waals surface area contributed by atoms with Gasteiger partial charge in [-0.2, -0.15) is 0 Å². The molecule has 1 unspecified atom stereocenters. The number of para-hydroxylation sites is 1. The first-order chi connectivity index (χ1) is 16.4. The molecule has 0 aliphatic heterocycles. The Bertz CT molecular complexity index is 1410. The standard InChI is InChI=1S/C26H27N3O4S/c1-13-9-10-16-19(11-13)34-26-23(16)22(17-7-6-8-18(31-4)24(17)32-5)21(15(3)27-26)25(30)28-20-12-14(2)33-29-20/h6-8,12-13H,9-11H2,1-5H3,(H,28,29,30). The molecule has 8 heteroatoms. The Morgan fingerprint density at radius 3 is 2.76 bits per heavy atom. The summed E-state index contributed by atoms with van der Waals surface area (Å²) in [7, 11) is 3.23. The molecule has 1 aliphatic rings. The Morgan fingerprint density at radius 2 is 2.06 bits per heavy atom. The Hall–Kier alpha value is -3.39. The molecule has 34 heavy (non-hydrogen) atoms. The third kappa shape index (κ3) is 3.72. The van der Waals surface area contributed by atoms with Crippen LogP contribution in [0.2, 0.25) is 0 Å². The lowest BCUT2D eigenvalue weighted by Crippen LogP contribution is -2.17. The molecular weight excluding hydrogens is 450 g/mol. The number of carbonyl (C=O) groups is 1. The number of anilines is 1. The number of hydrogen-bond acceptors (Lipinski definition) is 7. The van der Waals surface area contributed by atoms with Crippen molar-refractivity contribution in [3.05, 3.63) is 51.7 Å². The van der Waals surface area contributed by atoms with Crippen molar-refractivity contribution in [3.8, 4) is 22.6 Å². The van der Waals surface area contributed by atoms with E-state index < -0.39 is 0 Å². The van der Waals surface area contributed by atoms with E-state index in [-0.39, 0.29) is 5.91 Å². The quantitative estimate of drug-likeness (QED) is 0.382. The minimum atomic E-state index is -0.288. The van der Waals surface area contributed by atoms with Gasteiger partial charge in [0.15, 0.2) is 17.3 Å². The average Bonchev–Trinajstić information content (AvgIpc) is 3.38. The van der Waals surface area contributed by atoms with Gasteiger partial charge in [-0.25, -0.2) is 4.98 Å². The monoisotopic (exact) mass is 477 g/mol. The lowest BCUT2D eigenvalue weighted by molar-refractivity contribution is 0.102. The molecule has 0 saturated carbocycles. The first-order valence-corrected chi connectivity index (χ1v) is 12.1. The highest BCUT2D eigenvalue weighted by molar-refractivity contribution is 7.19. The summed E-state index contributed by atoms with van der Waals surface area (Å²) in [6.45, 7) is 5.95. The largest absolute Gasteiger partial charge is 0.493 e. The maximum absolute atomic E-state index is 13.7. The van der Waals surface area contributed by atoms with Gasteiger partial charge in [0.1, 0.15) is 10.6 Å². The van der Waals surface area contributed by atoms with Crippen molar-refractivity contribution < 1.29 is 18.8 Å². The summed E-state index contributed by atoms with van der Waals surface area (Å²) in [5.41, 5.74) is 4.06. The normalized spacial score (nSPS) is 15.3. The Kier molecular flexibility index (Phi) is 5.77. The van der Waals surface area contributed by atoms with Crippen molar-refractivity contribution >= 4 is 33.3 Å². The van der Waals surface area contributed by atoms with E-state index >= 15 is 0 Å². The molecule has 1 atom stereocenters. The van der Waals surface area contributed by atoms with E-state index in [1.165, 1.54) is 10.4 Å². The third-order valence-electron chi connectivity index (χ3n) is 6.39. The number of nitrogens with one attached hydrogen (secondary N) is 1. The summed E-state index contributed by atoms with van der Waals surface area (Å²) in [6, 6.07) is 7.44. The van der Waals surface area contributed by atoms with Crippen molar-refractivity contribution in [1.82, 2.24) is 10.1 Å². The molecule has 1 aromatic carbocycles. The number of carbonyl (C=O) groups excluding carboxylic acids is 1. The van der Waals surface area contributed by atoms with E-state index in [0.29, 0.717) is 40.3 Å². The first kappa shape index (κ1) is 22.4. The number of rotatable bonds is 5. The van der Waals surface area contributed by atoms with Crippen LogP contribution in [0.5, 0.6) is 11.5 Å². The second-order valence-electron chi connectivity index (χ2n) is 8.80. The highest BCUT2D eigenvalue weighted by atomic mass is 32.1. The van der Waals surface area contributed by atoms with Crippen LogP contribution in [0.4, 0.5) is 5.82 Å². The van der Waals surface area contributed by atoms with Crippen LogP contribution < -0.4 is 14.8 Å². The highest BCUT2D eigenvalue weighted by Gasteiger charge is 2.30. The number of nitrogens with zero attached hydrogens (tertiary/aromatic N) is 2. The second-order valence-corrected chi connectivity index (χ2v) is 9.88. The second kappa shape index (κ2) is 8.76. The molecule has 1 N–H and O–H groups in total. The number of amides is 1. The molecule has 3 heterocycles. The predicted molar refractivity (Wildman–Crippen MR) is 133 cm³/mol. The SMILES string of the molecule is COc1cccc(-c2c(C(=O)Nc3cc(C)on3)c(C)nc3sc4c(c23)CCC(C)C4)c1OC. The summed E-state index contributed by atoms with van der Waals surface area (Å²) in [5.74, 6) is 2.54. The summed E-state index contributed by atoms with van der Waals surface area (Å²) < 4.78 is 16.5. The predicted octanol–water partition coefficient (Wildman–Crippen LogP) is 5.96. The number of aromatic nitrogens is 2. The molecule has 7 nitrogen and oxygen atoms in total. The van der Waals surface area contributed by atoms with E-state index in [4.69, 9.17) is 19.0 Å². The highest BCUT2D eigenvalue weighted by Crippen LogP contribution is 2.48. The van der Waals surface area contributed by atoms with Gasteiger partial charge in [-0.15, -0.1) is 11.3 Å². The molecule has 0 fully saturated rings. The van der Waals surface area contributed by atoms with Gasteiger partial charge < -0.3 is 19.3 Å². The van der Waals surface area contributed by atoms with E-state index in [0.717, 1.165) is 40.6 Å². The van der Waals surface area contributed by atoms with Crippen molar-refractivity contribution in [2.45, 2.75) is 40.0 Å². The minimum Gasteiger partial charge on any atom is -0.493 e. The maximum atomic E-state index is 13.7. The molecule has 0 bridgehead atoms. The van der Waals surface area contributed by atoms with E-state index in [1.54, 1.807) is 38.5 Å². The van der Waals surface area contributed by atoms with Gasteiger partial charge in [-0.3, -0.25) is 4.79 Å². The third-order valence-corrected chi connectivity index (χ3v) is 7.54. The molecule has 5 rings (SSSR count). The van der Waals surface area contributed by atoms with Crippen LogP contribution in [0.3, 0.4) is 0 Å². The molecule has 176 valence electrons. The van der Waals surface area contributed by atoms with Gasteiger partial charge in [0.2, 0.25) is 0 Å². The van der Waals surface area contributed by atoms with Crippen LogP contribution >= 0.6 is 11.3 Å². The van der Waals surface area contributed by atoms with Crippen LogP contribution in [-0.4, -0.2) is 30.3 Å². The number of benzene rings is 1. The van der Waals surface area contributed by atoms with Gasteiger partial charge in [-0.05, 0) is 50.7 Å². The van der Waals surface area contributed by atoms with Crippen LogP contribution in [0.15, 0.2) is 28.8 Å². The molecule has 1 amide bonds. The van der Waals surface area contributed by atoms with Crippen molar-refractivity contribution in [3.63, 3.8) is 0 Å². The number of thiophene rings is 1. The van der Waals surface area contributed by atoms with Crippen molar-refractivity contribution in [1.29, 1.82) is 0 Å². The fourth-order valence-corrected chi connectivity index (χ4v) is 6.26. The summed E-state index contributed by atoms with van der Waals surface area (Å²) in [5, 5.41) is 7.86. The molecule has 4 aromatic rings. The van der Waals surface area contributed by atoms with E-state index in [1.807, 2.05) is 25.1 Å². The Morgan fingerprint density at radius 1 is 1.24 bits per heavy atom. The number of methoxy groups -OCH3 is 2. The van der Waals surface area contributed by atoms with Gasteiger partial charge in [0, 0.05) is 27.5 Å². The fourth-order valence-electron chi connectivity index (χ4n) is 4.82. The van der Waals surface area contributed by atoms with E-state index in [9.17, 15) is 4.79 Å². The average molecular weight is 478 g/mol. The zero-order valence-corrected chi connectivity index (χ0v) is 20.8. The molecular formula is C26H27N3O4S. The Balaban J connectivity index is 1.81. The van der Waals surface area contributed by atoms with E-state index in [2.05, 4.69) is 17.4 Å². The van der Waals surface area contributed by atoms with Crippen molar-refractivity contribution in [2.75, 3.05) is 19.5 Å². The smallest absolute Gasteiger partial charge is 0.259 e. The molecule has 0 spiro atoms. The van der Waals surface area contributed by atoms with Gasteiger partial charge in [-0.1, -0.05) is 24.2 Å². The van der Waals surface area contributed by atoms with Crippen molar-refractivity contribution in [2.24, 2.45) is 5.92 Å². The summed E-state index contributed by atoms with van der Waals surface area (Å²) in [4.78, 5) is 20.9. The Labute approximate surface area is 202 Å². The number of hydrogen-bond donors (Lipinski definition) is 1. The molecule has 0 saturated heterocycles. The van der Waals surface area contributed by atoms with Crippen LogP contribution in [0.25, 0.3) is 21.3 Å². The number of pyridine rings is 1. The number of aryl methyl sites for hydroxylation is 3. The zero-order chi connectivity index (χ0) is 24.0. The lowest BCUT2D eigenvalue weighted by Gasteiger charge is -2.21. The first-order valence-electron chi connectivity index (χ1n) is 11.3. The van der Waals surface area contributed by atoms with Crippen LogP contribution in [0.1, 0.15) is 45.6 Å². The van der Waals surface area contributed by atoms with Gasteiger partial charge in [0.25, 0.3) is 5.91 Å². The molecule has 3 aromatic heterocycles. The van der Waals surface area contributed by atoms with Crippen LogP contribution in [-0.2, 0) is 12.8 Å². The van der Waals surface area contributed by atoms with Crippen LogP contribution in [0, 0.1) is 19.8 Å².